The van der Waals surface area contributed by atoms with E-state index >= 15 is 0 Å². The Hall–Kier alpha value is -2.68. The molecule has 0 aliphatic heterocycles. The smallest absolute Gasteiger partial charge is 0.216 e. The minimum Gasteiger partial charge on any atom is -0.461 e. The van der Waals surface area contributed by atoms with Crippen LogP contribution in [-0.2, 0) is 12.8 Å². The molecule has 3 N–H and O–H groups in total. The molecule has 0 spiro atoms. The van der Waals surface area contributed by atoms with Gasteiger partial charge in [0.25, 0.3) is 0 Å². The van der Waals surface area contributed by atoms with Crippen molar-refractivity contribution in [3.8, 4) is 11.6 Å². The van der Waals surface area contributed by atoms with Crippen molar-refractivity contribution in [1.82, 2.24) is 30.8 Å². The Balaban J connectivity index is 1.39. The first-order chi connectivity index (χ1) is 12.2. The Labute approximate surface area is 149 Å². The molecule has 0 aliphatic carbocycles. The van der Waals surface area contributed by atoms with Crippen LogP contribution in [0, 0.1) is 6.92 Å². The van der Waals surface area contributed by atoms with Crippen molar-refractivity contribution in [1.29, 1.82) is 0 Å². The molecule has 0 saturated carbocycles. The zero-order chi connectivity index (χ0) is 17.5. The maximum absolute atomic E-state index is 5.28. The Morgan fingerprint density at radius 3 is 2.84 bits per heavy atom. The van der Waals surface area contributed by atoms with Gasteiger partial charge in [0.1, 0.15) is 5.82 Å². The lowest BCUT2D eigenvalue weighted by Gasteiger charge is -2.10. The highest BCUT2D eigenvalue weighted by molar-refractivity contribution is 7.11. The quantitative estimate of drug-likeness (QED) is 0.439. The van der Waals surface area contributed by atoms with E-state index in [1.165, 1.54) is 4.88 Å². The number of furan rings is 1. The van der Waals surface area contributed by atoms with Crippen LogP contribution in [0.4, 0.5) is 0 Å². The van der Waals surface area contributed by atoms with E-state index in [0.29, 0.717) is 24.6 Å². The van der Waals surface area contributed by atoms with Gasteiger partial charge in [-0.1, -0.05) is 0 Å². The third kappa shape index (κ3) is 4.90. The number of H-pyrrole nitrogens is 1. The molecule has 0 atom stereocenters. The van der Waals surface area contributed by atoms with Crippen LogP contribution in [0.15, 0.2) is 34.0 Å². The van der Waals surface area contributed by atoms with Gasteiger partial charge < -0.3 is 15.1 Å². The van der Waals surface area contributed by atoms with Crippen LogP contribution in [0.5, 0.6) is 0 Å². The lowest BCUT2D eigenvalue weighted by Crippen LogP contribution is -2.39. The summed E-state index contributed by atoms with van der Waals surface area (Å²) in [5, 5.41) is 14.8. The van der Waals surface area contributed by atoms with Gasteiger partial charge in [0.15, 0.2) is 11.7 Å². The normalized spacial score (nSPS) is 11.7. The number of rotatable bonds is 7. The summed E-state index contributed by atoms with van der Waals surface area (Å²) < 4.78 is 5.28. The van der Waals surface area contributed by atoms with Gasteiger partial charge in [-0.25, -0.2) is 9.97 Å². The van der Waals surface area contributed by atoms with Gasteiger partial charge in [0.05, 0.1) is 11.3 Å². The second-order valence-corrected chi connectivity index (χ2v) is 6.69. The predicted octanol–water partition coefficient (Wildman–Crippen LogP) is 1.78. The van der Waals surface area contributed by atoms with Gasteiger partial charge in [0, 0.05) is 44.1 Å². The maximum atomic E-state index is 5.28. The summed E-state index contributed by atoms with van der Waals surface area (Å²) in [7, 11) is 1.76. The Bertz CT molecular complexity index is 806. The molecule has 3 heterocycles. The Morgan fingerprint density at radius 1 is 1.32 bits per heavy atom. The molecule has 8 nitrogen and oxygen atoms in total. The van der Waals surface area contributed by atoms with Gasteiger partial charge in [-0.15, -0.1) is 11.3 Å². The molecule has 0 amide bonds. The molecule has 3 rings (SSSR count). The minimum atomic E-state index is 0.571. The molecule has 3 aromatic rings. The highest BCUT2D eigenvalue weighted by atomic mass is 32.1. The van der Waals surface area contributed by atoms with E-state index in [2.05, 4.69) is 42.7 Å². The summed E-state index contributed by atoms with van der Waals surface area (Å²) in [6, 6.07) is 3.65. The van der Waals surface area contributed by atoms with E-state index < -0.39 is 0 Å². The van der Waals surface area contributed by atoms with Crippen molar-refractivity contribution in [2.24, 2.45) is 4.99 Å². The Morgan fingerprint density at radius 2 is 2.16 bits per heavy atom. The number of hydrogen-bond acceptors (Lipinski definition) is 6. The van der Waals surface area contributed by atoms with E-state index in [4.69, 9.17) is 4.42 Å². The van der Waals surface area contributed by atoms with E-state index in [9.17, 15) is 0 Å². The van der Waals surface area contributed by atoms with Crippen LogP contribution in [0.1, 0.15) is 15.7 Å². The van der Waals surface area contributed by atoms with Gasteiger partial charge in [0.2, 0.25) is 5.82 Å². The largest absolute Gasteiger partial charge is 0.461 e. The first kappa shape index (κ1) is 17.2. The third-order valence-electron chi connectivity index (χ3n) is 3.45. The highest BCUT2D eigenvalue weighted by Gasteiger charge is 2.08. The first-order valence-corrected chi connectivity index (χ1v) is 8.87. The summed E-state index contributed by atoms with van der Waals surface area (Å²) in [4.78, 5) is 14.2. The molecule has 0 aliphatic rings. The standard InChI is InChI=1S/C16H21N7OS/c1-11-10-20-14(25-11)6-8-19-16(17-2)18-7-5-13-21-15(23-22-13)12-4-3-9-24-12/h3-4,9-10H,5-8H2,1-2H3,(H2,17,18,19)(H,21,22,23). The summed E-state index contributed by atoms with van der Waals surface area (Å²) in [6.45, 7) is 3.55. The zero-order valence-corrected chi connectivity index (χ0v) is 15.1. The molecule has 0 aromatic carbocycles. The fourth-order valence-corrected chi connectivity index (χ4v) is 3.03. The number of guanidine groups is 1. The molecule has 9 heteroatoms. The molecule has 0 radical (unpaired) electrons. The monoisotopic (exact) mass is 359 g/mol. The van der Waals surface area contributed by atoms with E-state index in [0.717, 1.165) is 29.8 Å². The maximum Gasteiger partial charge on any atom is 0.216 e. The van der Waals surface area contributed by atoms with Gasteiger partial charge in [-0.05, 0) is 19.1 Å². The fraction of sp³-hybridized carbons (Fsp3) is 0.375. The summed E-state index contributed by atoms with van der Waals surface area (Å²) in [6.07, 6.45) is 5.10. The number of aliphatic imine (C=N–C) groups is 1. The summed E-state index contributed by atoms with van der Waals surface area (Å²) in [5.41, 5.74) is 0. The first-order valence-electron chi connectivity index (χ1n) is 8.05. The average Bonchev–Trinajstić information content (AvgIpc) is 3.35. The third-order valence-corrected chi connectivity index (χ3v) is 4.42. The van der Waals surface area contributed by atoms with Crippen molar-refractivity contribution in [3.05, 3.63) is 40.3 Å². The van der Waals surface area contributed by atoms with Crippen molar-refractivity contribution in [2.75, 3.05) is 20.1 Å². The molecule has 0 bridgehead atoms. The summed E-state index contributed by atoms with van der Waals surface area (Å²) in [5.74, 6) is 2.79. The average molecular weight is 359 g/mol. The van der Waals surface area contributed by atoms with Crippen molar-refractivity contribution in [2.45, 2.75) is 19.8 Å². The number of aromatic nitrogens is 4. The number of thiazole rings is 1. The predicted molar refractivity (Wildman–Crippen MR) is 97.7 cm³/mol. The molecule has 0 unspecified atom stereocenters. The van der Waals surface area contributed by atoms with Crippen LogP contribution < -0.4 is 10.6 Å². The van der Waals surface area contributed by atoms with E-state index in [1.54, 1.807) is 24.6 Å². The van der Waals surface area contributed by atoms with Crippen molar-refractivity contribution < 1.29 is 4.42 Å². The highest BCUT2D eigenvalue weighted by Crippen LogP contribution is 2.14. The van der Waals surface area contributed by atoms with Gasteiger partial charge >= 0.3 is 0 Å². The fourth-order valence-electron chi connectivity index (χ4n) is 2.25. The summed E-state index contributed by atoms with van der Waals surface area (Å²) >= 11 is 1.72. The zero-order valence-electron chi connectivity index (χ0n) is 14.2. The molecule has 0 saturated heterocycles. The molecule has 0 fully saturated rings. The number of aryl methyl sites for hydroxylation is 1. The van der Waals surface area contributed by atoms with Crippen LogP contribution in [0.3, 0.4) is 0 Å². The second kappa shape index (κ2) is 8.43. The van der Waals surface area contributed by atoms with Crippen LogP contribution in [-0.4, -0.2) is 46.3 Å². The van der Waals surface area contributed by atoms with Gasteiger partial charge in [-0.2, -0.15) is 5.10 Å². The second-order valence-electron chi connectivity index (χ2n) is 5.37. The number of hydrogen-bond donors (Lipinski definition) is 3. The lowest BCUT2D eigenvalue weighted by molar-refractivity contribution is 0.577. The van der Waals surface area contributed by atoms with Crippen LogP contribution in [0.25, 0.3) is 11.6 Å². The van der Waals surface area contributed by atoms with Crippen molar-refractivity contribution in [3.63, 3.8) is 0 Å². The molecular weight excluding hydrogens is 338 g/mol. The molecular formula is C16H21N7OS. The topological polar surface area (TPSA) is 104 Å². The SMILES string of the molecule is CN=C(NCCc1nc(-c2ccco2)n[nH]1)NCCc1ncc(C)s1. The van der Waals surface area contributed by atoms with Crippen molar-refractivity contribution >= 4 is 17.3 Å². The van der Waals surface area contributed by atoms with Gasteiger partial charge in [-0.3, -0.25) is 10.1 Å². The van der Waals surface area contributed by atoms with Crippen LogP contribution >= 0.6 is 11.3 Å². The number of aromatic amines is 1. The Kier molecular flexibility index (Phi) is 5.78. The molecule has 25 heavy (non-hydrogen) atoms. The lowest BCUT2D eigenvalue weighted by atomic mass is 10.4. The van der Waals surface area contributed by atoms with Crippen LogP contribution in [0.2, 0.25) is 0 Å². The number of nitrogens with zero attached hydrogens (tertiary/aromatic N) is 4. The number of nitrogens with one attached hydrogen (secondary N) is 3. The molecule has 132 valence electrons. The van der Waals surface area contributed by atoms with E-state index in [1.807, 2.05) is 18.3 Å². The van der Waals surface area contributed by atoms with E-state index in [-0.39, 0.29) is 0 Å². The molecule has 3 aromatic heterocycles. The minimum absolute atomic E-state index is 0.571.